The number of aromatic nitrogens is 5. The third-order valence-electron chi connectivity index (χ3n) is 4.59. The van der Waals surface area contributed by atoms with Crippen LogP contribution in [0.3, 0.4) is 0 Å². The Labute approximate surface area is 166 Å². The molecule has 0 radical (unpaired) electrons. The summed E-state index contributed by atoms with van der Waals surface area (Å²) in [5.74, 6) is 2.95. The summed E-state index contributed by atoms with van der Waals surface area (Å²) in [6.07, 6.45) is 0. The van der Waals surface area contributed by atoms with Gasteiger partial charge in [0.2, 0.25) is 0 Å². The Hall–Kier alpha value is -3.13. The molecule has 2 aromatic carbocycles. The van der Waals surface area contributed by atoms with Crippen molar-refractivity contribution in [1.29, 1.82) is 0 Å². The smallest absolute Gasteiger partial charge is 0.266 e. The lowest BCUT2D eigenvalue weighted by atomic mass is 10.2. The number of nitrogens with zero attached hydrogens (tertiary/aromatic N) is 5. The summed E-state index contributed by atoms with van der Waals surface area (Å²) in [6, 6.07) is 14.7. The molecule has 0 fully saturated rings. The molecule has 0 saturated carbocycles. The van der Waals surface area contributed by atoms with Crippen molar-refractivity contribution in [2.45, 2.75) is 17.8 Å². The molecule has 0 amide bonds. The van der Waals surface area contributed by atoms with Crippen molar-refractivity contribution in [1.82, 2.24) is 24.3 Å². The summed E-state index contributed by atoms with van der Waals surface area (Å²) in [5.41, 5.74) is 1.31. The summed E-state index contributed by atoms with van der Waals surface area (Å²) in [4.78, 5) is 18.0. The van der Waals surface area contributed by atoms with E-state index >= 15 is 0 Å². The second kappa shape index (κ2) is 7.47. The van der Waals surface area contributed by atoms with E-state index in [-0.39, 0.29) is 5.56 Å². The second-order valence-corrected chi connectivity index (χ2v) is 7.20. The number of hydrogen-bond donors (Lipinski definition) is 0. The number of aryl methyl sites for hydroxylation is 1. The highest BCUT2D eigenvalue weighted by atomic mass is 32.2. The molecule has 142 valence electrons. The summed E-state index contributed by atoms with van der Waals surface area (Å²) in [5, 5.41) is 9.48. The molecule has 7 nitrogen and oxygen atoms in total. The molecule has 0 spiro atoms. The fraction of sp³-hybridized carbons (Fsp3) is 0.200. The van der Waals surface area contributed by atoms with Crippen LogP contribution in [0.25, 0.3) is 16.6 Å². The number of methoxy groups -OCH3 is 1. The maximum atomic E-state index is 13.2. The first-order valence-corrected chi connectivity index (χ1v) is 9.71. The Kier molecular flexibility index (Phi) is 4.87. The quantitative estimate of drug-likeness (QED) is 0.383. The third kappa shape index (κ3) is 3.27. The Morgan fingerprint density at radius 1 is 1.07 bits per heavy atom. The van der Waals surface area contributed by atoms with Gasteiger partial charge >= 0.3 is 0 Å². The van der Waals surface area contributed by atoms with Crippen LogP contribution in [0.4, 0.5) is 0 Å². The van der Waals surface area contributed by atoms with Gasteiger partial charge in [-0.3, -0.25) is 9.36 Å². The minimum absolute atomic E-state index is 0.104. The van der Waals surface area contributed by atoms with Crippen LogP contribution < -0.4 is 10.3 Å². The minimum Gasteiger partial charge on any atom is -0.497 e. The lowest BCUT2D eigenvalue weighted by Gasteiger charge is -2.13. The summed E-state index contributed by atoms with van der Waals surface area (Å²) < 4.78 is 8.80. The third-order valence-corrected chi connectivity index (χ3v) is 5.52. The first-order chi connectivity index (χ1) is 13.6. The van der Waals surface area contributed by atoms with Crippen molar-refractivity contribution in [2.75, 3.05) is 7.11 Å². The normalized spacial score (nSPS) is 11.1. The number of ether oxygens (including phenoxy) is 1. The van der Waals surface area contributed by atoms with Crippen LogP contribution in [0, 0.1) is 6.92 Å². The molecule has 4 aromatic rings. The number of para-hydroxylation sites is 1. The highest BCUT2D eigenvalue weighted by Crippen LogP contribution is 2.25. The average Bonchev–Trinajstić information content (AvgIpc) is 3.04. The van der Waals surface area contributed by atoms with Gasteiger partial charge in [-0.2, -0.15) is 0 Å². The van der Waals surface area contributed by atoms with Crippen molar-refractivity contribution in [2.24, 2.45) is 7.05 Å². The van der Waals surface area contributed by atoms with Gasteiger partial charge in [-0.05, 0) is 43.3 Å². The Morgan fingerprint density at radius 2 is 1.82 bits per heavy atom. The molecular weight excluding hydrogens is 374 g/mol. The van der Waals surface area contributed by atoms with E-state index in [1.807, 2.05) is 61.0 Å². The van der Waals surface area contributed by atoms with Gasteiger partial charge in [0.05, 0.1) is 29.5 Å². The fourth-order valence-corrected chi connectivity index (χ4v) is 3.86. The zero-order valence-corrected chi connectivity index (χ0v) is 16.6. The maximum absolute atomic E-state index is 13.2. The molecule has 0 aliphatic rings. The summed E-state index contributed by atoms with van der Waals surface area (Å²) in [6.45, 7) is 1.91. The van der Waals surface area contributed by atoms with Crippen LogP contribution in [-0.2, 0) is 12.8 Å². The van der Waals surface area contributed by atoms with Crippen LogP contribution in [0.5, 0.6) is 5.75 Å². The lowest BCUT2D eigenvalue weighted by Crippen LogP contribution is -2.21. The average molecular weight is 393 g/mol. The zero-order chi connectivity index (χ0) is 19.7. The van der Waals surface area contributed by atoms with Gasteiger partial charge in [-0.15, -0.1) is 10.2 Å². The zero-order valence-electron chi connectivity index (χ0n) is 15.8. The van der Waals surface area contributed by atoms with Crippen molar-refractivity contribution < 1.29 is 4.74 Å². The molecule has 2 heterocycles. The van der Waals surface area contributed by atoms with Gasteiger partial charge in [0.15, 0.2) is 5.16 Å². The molecule has 28 heavy (non-hydrogen) atoms. The van der Waals surface area contributed by atoms with E-state index in [1.165, 1.54) is 11.8 Å². The van der Waals surface area contributed by atoms with Crippen LogP contribution in [-0.4, -0.2) is 31.4 Å². The van der Waals surface area contributed by atoms with Gasteiger partial charge in [0.25, 0.3) is 5.56 Å². The molecule has 8 heteroatoms. The fourth-order valence-electron chi connectivity index (χ4n) is 2.87. The number of benzene rings is 2. The highest BCUT2D eigenvalue weighted by Gasteiger charge is 2.15. The Balaban J connectivity index is 1.82. The molecule has 0 N–H and O–H groups in total. The van der Waals surface area contributed by atoms with Crippen molar-refractivity contribution >= 4 is 22.7 Å². The standard InChI is InChI=1S/C20H19N5O2S/c1-13-22-23-18(24(13)2)12-28-20-21-17-7-5-4-6-16(17)19(26)25(20)14-8-10-15(27-3)11-9-14/h4-11H,12H2,1-3H3. The molecule has 4 rings (SSSR count). The van der Waals surface area contributed by atoms with Gasteiger partial charge in [0, 0.05) is 7.05 Å². The molecule has 0 unspecified atom stereocenters. The first-order valence-electron chi connectivity index (χ1n) is 8.72. The van der Waals surface area contributed by atoms with Crippen LogP contribution in [0.15, 0.2) is 58.5 Å². The van der Waals surface area contributed by atoms with Crippen LogP contribution in [0.1, 0.15) is 11.6 Å². The highest BCUT2D eigenvalue weighted by molar-refractivity contribution is 7.98. The van der Waals surface area contributed by atoms with Gasteiger partial charge in [-0.25, -0.2) is 4.98 Å². The predicted octanol–water partition coefficient (Wildman–Crippen LogP) is 3.12. The second-order valence-electron chi connectivity index (χ2n) is 6.26. The molecule has 0 saturated heterocycles. The van der Waals surface area contributed by atoms with Crippen molar-refractivity contribution in [3.63, 3.8) is 0 Å². The number of rotatable bonds is 5. The van der Waals surface area contributed by atoms with E-state index in [2.05, 4.69) is 10.2 Å². The van der Waals surface area contributed by atoms with Gasteiger partial charge in [-0.1, -0.05) is 23.9 Å². The van der Waals surface area contributed by atoms with E-state index in [0.29, 0.717) is 21.8 Å². The van der Waals surface area contributed by atoms with E-state index < -0.39 is 0 Å². The van der Waals surface area contributed by atoms with E-state index in [4.69, 9.17) is 9.72 Å². The monoisotopic (exact) mass is 393 g/mol. The van der Waals surface area contributed by atoms with Crippen molar-refractivity contribution in [3.8, 4) is 11.4 Å². The van der Waals surface area contributed by atoms with Crippen molar-refractivity contribution in [3.05, 3.63) is 70.5 Å². The maximum Gasteiger partial charge on any atom is 0.266 e. The first kappa shape index (κ1) is 18.2. The van der Waals surface area contributed by atoms with Crippen LogP contribution in [0.2, 0.25) is 0 Å². The topological polar surface area (TPSA) is 74.8 Å². The summed E-state index contributed by atoms with van der Waals surface area (Å²) >= 11 is 1.46. The lowest BCUT2D eigenvalue weighted by molar-refractivity contribution is 0.414. The number of thioether (sulfide) groups is 1. The Bertz CT molecular complexity index is 1200. The minimum atomic E-state index is -0.104. The largest absolute Gasteiger partial charge is 0.497 e. The van der Waals surface area contributed by atoms with Gasteiger partial charge < -0.3 is 9.30 Å². The molecule has 0 aliphatic carbocycles. The van der Waals surface area contributed by atoms with Crippen LogP contribution >= 0.6 is 11.8 Å². The Morgan fingerprint density at radius 3 is 2.50 bits per heavy atom. The molecule has 2 aromatic heterocycles. The number of fused-ring (bicyclic) bond motifs is 1. The summed E-state index contributed by atoms with van der Waals surface area (Å²) in [7, 11) is 3.54. The molecular formula is C20H19N5O2S. The predicted molar refractivity (Wildman–Crippen MR) is 109 cm³/mol. The SMILES string of the molecule is COc1ccc(-n2c(SCc3nnc(C)n3C)nc3ccccc3c2=O)cc1. The van der Waals surface area contributed by atoms with E-state index in [9.17, 15) is 4.79 Å². The van der Waals surface area contributed by atoms with E-state index in [0.717, 1.165) is 23.1 Å². The molecule has 0 bridgehead atoms. The number of hydrogen-bond acceptors (Lipinski definition) is 6. The van der Waals surface area contributed by atoms with Gasteiger partial charge in [0.1, 0.15) is 17.4 Å². The molecule has 0 aliphatic heterocycles. The van der Waals surface area contributed by atoms with E-state index in [1.54, 1.807) is 17.7 Å². The molecule has 0 atom stereocenters.